The van der Waals surface area contributed by atoms with Gasteiger partial charge in [-0.2, -0.15) is 0 Å². The van der Waals surface area contributed by atoms with E-state index >= 15 is 0 Å². The van der Waals surface area contributed by atoms with Crippen LogP contribution in [0.1, 0.15) is 54.8 Å². The van der Waals surface area contributed by atoms with Gasteiger partial charge in [0.05, 0.1) is 6.04 Å². The Labute approximate surface area is 165 Å². The van der Waals surface area contributed by atoms with Gasteiger partial charge in [0.25, 0.3) is 0 Å². The largest absolute Gasteiger partial charge is 0.331 e. The highest BCUT2D eigenvalue weighted by atomic mass is 32.1. The normalized spacial score (nSPS) is 17.3. The molecule has 4 nitrogen and oxygen atoms in total. The summed E-state index contributed by atoms with van der Waals surface area (Å²) in [5.41, 5.74) is 3.58. The van der Waals surface area contributed by atoms with Gasteiger partial charge >= 0.3 is 0 Å². The van der Waals surface area contributed by atoms with Crippen LogP contribution < -0.4 is 0 Å². The van der Waals surface area contributed by atoms with Crippen LogP contribution >= 0.6 is 11.3 Å². The monoisotopic (exact) mass is 384 g/mol. The molecule has 1 aromatic heterocycles. The van der Waals surface area contributed by atoms with Crippen molar-refractivity contribution in [1.29, 1.82) is 0 Å². The zero-order chi connectivity index (χ0) is 19.6. The fraction of sp³-hybridized carbons (Fsp3) is 0.455. The second kappa shape index (κ2) is 8.26. The Kier molecular flexibility index (Phi) is 6.00. The molecule has 3 rings (SSSR count). The van der Waals surface area contributed by atoms with Gasteiger partial charge in [-0.15, -0.1) is 11.3 Å². The van der Waals surface area contributed by atoms with Gasteiger partial charge in [0, 0.05) is 24.4 Å². The molecule has 0 bridgehead atoms. The fourth-order valence-electron chi connectivity index (χ4n) is 3.85. The number of fused-ring (bicyclic) bond motifs is 1. The summed E-state index contributed by atoms with van der Waals surface area (Å²) in [4.78, 5) is 30.4. The summed E-state index contributed by atoms with van der Waals surface area (Å²) in [5.74, 6) is -0.0195. The van der Waals surface area contributed by atoms with Crippen molar-refractivity contribution in [2.24, 2.45) is 0 Å². The van der Waals surface area contributed by atoms with E-state index in [0.717, 1.165) is 12.8 Å². The molecule has 27 heavy (non-hydrogen) atoms. The summed E-state index contributed by atoms with van der Waals surface area (Å²) >= 11 is 1.77. The quantitative estimate of drug-likeness (QED) is 0.776. The lowest BCUT2D eigenvalue weighted by Gasteiger charge is -2.38. The van der Waals surface area contributed by atoms with Crippen molar-refractivity contribution in [3.05, 3.63) is 57.3 Å². The van der Waals surface area contributed by atoms with E-state index < -0.39 is 0 Å². The zero-order valence-corrected chi connectivity index (χ0v) is 17.4. The van der Waals surface area contributed by atoms with Gasteiger partial charge in [0.2, 0.25) is 11.8 Å². The van der Waals surface area contributed by atoms with Crippen LogP contribution in [-0.2, 0) is 16.0 Å². The smallest absolute Gasteiger partial charge is 0.243 e. The maximum Gasteiger partial charge on any atom is 0.243 e. The lowest BCUT2D eigenvalue weighted by atomic mass is 9.90. The Balaban J connectivity index is 1.94. The van der Waals surface area contributed by atoms with E-state index in [1.165, 1.54) is 21.6 Å². The highest BCUT2D eigenvalue weighted by Gasteiger charge is 2.34. The van der Waals surface area contributed by atoms with Crippen LogP contribution in [0.3, 0.4) is 0 Å². The summed E-state index contributed by atoms with van der Waals surface area (Å²) in [7, 11) is 0. The van der Waals surface area contributed by atoms with Crippen LogP contribution in [0.15, 0.2) is 35.7 Å². The highest BCUT2D eigenvalue weighted by Crippen LogP contribution is 2.39. The molecule has 144 valence electrons. The summed E-state index contributed by atoms with van der Waals surface area (Å²) in [6.45, 7) is 8.52. The topological polar surface area (TPSA) is 40.6 Å². The Morgan fingerprint density at radius 1 is 1.26 bits per heavy atom. The minimum Gasteiger partial charge on any atom is -0.331 e. The van der Waals surface area contributed by atoms with Gasteiger partial charge in [-0.1, -0.05) is 31.2 Å². The molecule has 2 aromatic rings. The van der Waals surface area contributed by atoms with Crippen LogP contribution in [0.2, 0.25) is 0 Å². The first-order valence-electron chi connectivity index (χ1n) is 9.62. The molecule has 2 atom stereocenters. The van der Waals surface area contributed by atoms with Gasteiger partial charge in [0.15, 0.2) is 0 Å². The Bertz CT molecular complexity index is 829. The molecule has 1 aliphatic heterocycles. The van der Waals surface area contributed by atoms with Crippen molar-refractivity contribution in [1.82, 2.24) is 9.80 Å². The molecular weight excluding hydrogens is 356 g/mol. The molecule has 0 saturated carbocycles. The van der Waals surface area contributed by atoms with E-state index in [1.54, 1.807) is 23.2 Å². The number of hydrogen-bond donors (Lipinski definition) is 0. The zero-order valence-electron chi connectivity index (χ0n) is 16.6. The number of amides is 2. The van der Waals surface area contributed by atoms with E-state index in [4.69, 9.17) is 0 Å². The molecule has 0 aliphatic carbocycles. The first kappa shape index (κ1) is 19.6. The summed E-state index contributed by atoms with van der Waals surface area (Å²) in [5, 5.41) is 2.12. The molecule has 5 heteroatoms. The van der Waals surface area contributed by atoms with Gasteiger partial charge in [-0.05, 0) is 54.8 Å². The third kappa shape index (κ3) is 3.93. The molecular formula is C22H28N2O2S. The van der Waals surface area contributed by atoms with Crippen LogP contribution in [-0.4, -0.2) is 40.7 Å². The minimum absolute atomic E-state index is 0.0237. The van der Waals surface area contributed by atoms with Crippen molar-refractivity contribution < 1.29 is 9.59 Å². The third-order valence-electron chi connectivity index (χ3n) is 5.60. The number of rotatable bonds is 5. The number of nitrogens with zero attached hydrogens (tertiary/aromatic N) is 2. The number of thiophene rings is 1. The number of carbonyl (C=O) groups is 2. The van der Waals surface area contributed by atoms with Gasteiger partial charge < -0.3 is 9.80 Å². The van der Waals surface area contributed by atoms with Crippen LogP contribution in [0.5, 0.6) is 0 Å². The molecule has 0 N–H and O–H groups in total. The van der Waals surface area contributed by atoms with Crippen LogP contribution in [0.4, 0.5) is 0 Å². The summed E-state index contributed by atoms with van der Waals surface area (Å²) < 4.78 is 0. The molecule has 1 aliphatic rings. The number of aryl methyl sites for hydroxylation is 1. The summed E-state index contributed by atoms with van der Waals surface area (Å²) in [6, 6.07) is 10.4. The standard InChI is InChI=1S/C22H28N2O2S/c1-5-16(3)24(17(4)25)14-21(26)23-12-10-20-19(11-13-27-20)22(23)18-9-7-6-8-15(18)2/h6-9,11,13,16,22H,5,10,12,14H2,1-4H3/t16-,22+/m0/s1. The summed E-state index contributed by atoms with van der Waals surface area (Å²) in [6.07, 6.45) is 1.72. The van der Waals surface area contributed by atoms with E-state index in [9.17, 15) is 9.59 Å². The first-order chi connectivity index (χ1) is 12.9. The van der Waals surface area contributed by atoms with Gasteiger partial charge in [-0.3, -0.25) is 9.59 Å². The predicted molar refractivity (Wildman–Crippen MR) is 110 cm³/mol. The Morgan fingerprint density at radius 2 is 2.00 bits per heavy atom. The van der Waals surface area contributed by atoms with Crippen molar-refractivity contribution in [3.63, 3.8) is 0 Å². The molecule has 0 saturated heterocycles. The van der Waals surface area contributed by atoms with Gasteiger partial charge in [0.1, 0.15) is 6.54 Å². The third-order valence-corrected chi connectivity index (χ3v) is 6.60. The average molecular weight is 385 g/mol. The second-order valence-electron chi connectivity index (χ2n) is 7.30. The van der Waals surface area contributed by atoms with Crippen molar-refractivity contribution >= 4 is 23.2 Å². The van der Waals surface area contributed by atoms with Crippen molar-refractivity contribution in [2.75, 3.05) is 13.1 Å². The highest BCUT2D eigenvalue weighted by molar-refractivity contribution is 7.10. The minimum atomic E-state index is -0.0700. The maximum atomic E-state index is 13.3. The predicted octanol–water partition coefficient (Wildman–Crippen LogP) is 4.18. The molecule has 2 heterocycles. The van der Waals surface area contributed by atoms with Crippen LogP contribution in [0, 0.1) is 6.92 Å². The lowest BCUT2D eigenvalue weighted by Crippen LogP contribution is -2.48. The molecule has 1 aromatic carbocycles. The van der Waals surface area contributed by atoms with E-state index in [2.05, 4.69) is 30.5 Å². The number of benzene rings is 1. The SMILES string of the molecule is CC[C@H](C)N(CC(=O)N1CCc2sccc2[C@H]1c1ccccc1C)C(C)=O. The molecule has 0 radical (unpaired) electrons. The fourth-order valence-corrected chi connectivity index (χ4v) is 4.75. The van der Waals surface area contributed by atoms with Gasteiger partial charge in [-0.25, -0.2) is 0 Å². The second-order valence-corrected chi connectivity index (χ2v) is 8.30. The number of carbonyl (C=O) groups excluding carboxylic acids is 2. The van der Waals surface area contributed by atoms with E-state index in [0.29, 0.717) is 6.54 Å². The molecule has 0 unspecified atom stereocenters. The number of hydrogen-bond acceptors (Lipinski definition) is 3. The average Bonchev–Trinajstić information content (AvgIpc) is 3.13. The van der Waals surface area contributed by atoms with E-state index in [-0.39, 0.29) is 30.4 Å². The molecule has 0 fully saturated rings. The molecule has 2 amide bonds. The molecule has 0 spiro atoms. The van der Waals surface area contributed by atoms with Crippen molar-refractivity contribution in [3.8, 4) is 0 Å². The Hall–Kier alpha value is -2.14. The first-order valence-corrected chi connectivity index (χ1v) is 10.5. The van der Waals surface area contributed by atoms with E-state index in [1.807, 2.05) is 30.9 Å². The Morgan fingerprint density at radius 3 is 2.67 bits per heavy atom. The lowest BCUT2D eigenvalue weighted by molar-refractivity contribution is -0.142. The maximum absolute atomic E-state index is 13.3. The van der Waals surface area contributed by atoms with Crippen molar-refractivity contribution in [2.45, 2.75) is 52.6 Å². The van der Waals surface area contributed by atoms with Crippen LogP contribution in [0.25, 0.3) is 0 Å².